The number of nitrogens with zero attached hydrogens (tertiary/aromatic N) is 2. The normalized spacial score (nSPS) is 28.2. The Kier molecular flexibility index (Phi) is 3.78. The van der Waals surface area contributed by atoms with E-state index in [2.05, 4.69) is 10.5 Å². The fourth-order valence-electron chi connectivity index (χ4n) is 2.97. The molecule has 0 aromatic carbocycles. The first kappa shape index (κ1) is 16.4. The van der Waals surface area contributed by atoms with Gasteiger partial charge in [-0.3, -0.25) is 9.59 Å². The third kappa shape index (κ3) is 2.33. The number of β-lactam (4-membered cyclic amide) rings is 1. The smallest absolute Gasteiger partial charge is 0.327 e. The molecule has 0 unspecified atom stereocenters. The first-order chi connectivity index (χ1) is 11.3. The molecule has 9 nitrogen and oxygen atoms in total. The Bertz CT molecular complexity index is 729. The number of thioether (sulfide) groups is 1. The van der Waals surface area contributed by atoms with E-state index in [0.29, 0.717) is 0 Å². The summed E-state index contributed by atoms with van der Waals surface area (Å²) >= 11 is 1.31. The number of furan rings is 1. The van der Waals surface area contributed by atoms with Gasteiger partial charge in [-0.25, -0.2) is 4.79 Å². The maximum atomic E-state index is 12.3. The molecule has 3 N–H and O–H groups in total. The van der Waals surface area contributed by atoms with Crippen LogP contribution in [0.1, 0.15) is 19.6 Å². The minimum Gasteiger partial charge on any atom is -0.480 e. The molecule has 0 saturated carbocycles. The van der Waals surface area contributed by atoms with Crippen molar-refractivity contribution in [1.82, 2.24) is 10.2 Å². The molecule has 10 heteroatoms. The van der Waals surface area contributed by atoms with Gasteiger partial charge in [-0.1, -0.05) is 5.16 Å². The van der Waals surface area contributed by atoms with Crippen molar-refractivity contribution in [3.8, 4) is 0 Å². The number of hydrogen-bond acceptors (Lipinski definition) is 7. The molecule has 0 spiro atoms. The lowest BCUT2D eigenvalue weighted by Gasteiger charge is -2.43. The minimum absolute atomic E-state index is 0.0569. The Labute approximate surface area is 140 Å². The number of carbonyl (C=O) groups excluding carboxylic acids is 2. The third-order valence-corrected chi connectivity index (χ3v) is 5.60. The number of nitrogens with one attached hydrogen (secondary N) is 1. The number of carboxylic acids is 1. The average molecular weight is 353 g/mol. The number of oxime groups is 1. The van der Waals surface area contributed by atoms with Gasteiger partial charge in [-0.2, -0.15) is 0 Å². The first-order valence-electron chi connectivity index (χ1n) is 7.07. The van der Waals surface area contributed by atoms with E-state index in [9.17, 15) is 19.5 Å². The molecular weight excluding hydrogens is 338 g/mol. The van der Waals surface area contributed by atoms with E-state index in [-0.39, 0.29) is 11.5 Å². The average Bonchev–Trinajstić information content (AvgIpc) is 3.10. The Morgan fingerprint density at radius 1 is 1.46 bits per heavy atom. The lowest BCUT2D eigenvalue weighted by atomic mass is 9.96. The van der Waals surface area contributed by atoms with Crippen LogP contribution < -0.4 is 5.32 Å². The minimum atomic E-state index is -1.08. The van der Waals surface area contributed by atoms with Crippen LogP contribution in [0.25, 0.3) is 0 Å². The summed E-state index contributed by atoms with van der Waals surface area (Å²) in [7, 11) is 0. The van der Waals surface area contributed by atoms with Gasteiger partial charge in [0.05, 0.1) is 6.26 Å². The topological polar surface area (TPSA) is 132 Å². The van der Waals surface area contributed by atoms with Crippen molar-refractivity contribution in [1.29, 1.82) is 0 Å². The molecule has 1 aromatic rings. The summed E-state index contributed by atoms with van der Waals surface area (Å²) in [4.78, 5) is 37.2. The highest BCUT2D eigenvalue weighted by molar-refractivity contribution is 8.01. The molecule has 128 valence electrons. The number of aliphatic carboxylic acids is 1. The fraction of sp³-hybridized carbons (Fsp3) is 0.429. The molecular formula is C14H15N3O6S. The monoisotopic (exact) mass is 353 g/mol. The summed E-state index contributed by atoms with van der Waals surface area (Å²) in [5.74, 6) is -2.28. The SMILES string of the molecule is CC1(C)S[C@@H]2[C@H](NC(=O)C(=NO)c3ccco3)C(=O)N2[C@H]1C(=O)O. The van der Waals surface area contributed by atoms with E-state index in [4.69, 9.17) is 9.62 Å². The Balaban J connectivity index is 1.76. The van der Waals surface area contributed by atoms with Crippen LogP contribution in [0, 0.1) is 0 Å². The van der Waals surface area contributed by atoms with E-state index in [1.807, 2.05) is 0 Å². The Morgan fingerprint density at radius 3 is 2.71 bits per heavy atom. The number of hydrogen-bond donors (Lipinski definition) is 3. The molecule has 2 saturated heterocycles. The summed E-state index contributed by atoms with van der Waals surface area (Å²) in [5.41, 5.74) is -0.358. The van der Waals surface area contributed by atoms with Gasteiger partial charge in [0.15, 0.2) is 5.76 Å². The summed E-state index contributed by atoms with van der Waals surface area (Å²) < 4.78 is 4.33. The number of fused-ring (bicyclic) bond motifs is 1. The zero-order valence-corrected chi connectivity index (χ0v) is 13.6. The lowest BCUT2D eigenvalue weighted by Crippen LogP contribution is -2.71. The van der Waals surface area contributed by atoms with E-state index in [0.717, 1.165) is 0 Å². The molecule has 2 amide bonds. The predicted molar refractivity (Wildman–Crippen MR) is 82.7 cm³/mol. The maximum Gasteiger partial charge on any atom is 0.327 e. The quantitative estimate of drug-likeness (QED) is 0.302. The number of carbonyl (C=O) groups is 3. The van der Waals surface area contributed by atoms with Crippen molar-refractivity contribution in [3.63, 3.8) is 0 Å². The zero-order valence-electron chi connectivity index (χ0n) is 12.8. The zero-order chi connectivity index (χ0) is 17.6. The summed E-state index contributed by atoms with van der Waals surface area (Å²) in [6.07, 6.45) is 1.32. The van der Waals surface area contributed by atoms with Gasteiger partial charge in [0.1, 0.15) is 17.5 Å². The summed E-state index contributed by atoms with van der Waals surface area (Å²) in [6, 6.07) is 1.14. The van der Waals surface area contributed by atoms with Crippen molar-refractivity contribution in [2.45, 2.75) is 36.1 Å². The van der Waals surface area contributed by atoms with Gasteiger partial charge >= 0.3 is 5.97 Å². The molecule has 1 aromatic heterocycles. The van der Waals surface area contributed by atoms with Crippen molar-refractivity contribution < 1.29 is 29.1 Å². The van der Waals surface area contributed by atoms with Crippen LogP contribution in [0.2, 0.25) is 0 Å². The van der Waals surface area contributed by atoms with Crippen LogP contribution in [-0.2, 0) is 14.4 Å². The molecule has 3 atom stereocenters. The highest BCUT2D eigenvalue weighted by Gasteiger charge is 2.64. The van der Waals surface area contributed by atoms with Crippen molar-refractivity contribution >= 4 is 35.3 Å². The lowest BCUT2D eigenvalue weighted by molar-refractivity contribution is -0.160. The number of carboxylic acid groups (broad SMARTS) is 1. The summed E-state index contributed by atoms with van der Waals surface area (Å²) in [6.45, 7) is 3.48. The highest BCUT2D eigenvalue weighted by Crippen LogP contribution is 2.50. The van der Waals surface area contributed by atoms with E-state index < -0.39 is 40.0 Å². The van der Waals surface area contributed by atoms with Gasteiger partial charge in [0, 0.05) is 4.75 Å². The van der Waals surface area contributed by atoms with Crippen molar-refractivity contribution in [2.75, 3.05) is 0 Å². The highest BCUT2D eigenvalue weighted by atomic mass is 32.2. The molecule has 2 fully saturated rings. The van der Waals surface area contributed by atoms with Gasteiger partial charge < -0.3 is 24.9 Å². The van der Waals surface area contributed by atoms with Crippen LogP contribution in [-0.4, -0.2) is 60.9 Å². The van der Waals surface area contributed by atoms with Crippen LogP contribution in [0.5, 0.6) is 0 Å². The molecule has 0 radical (unpaired) electrons. The summed E-state index contributed by atoms with van der Waals surface area (Å²) in [5, 5.41) is 23.3. The van der Waals surface area contributed by atoms with Gasteiger partial charge in [0.2, 0.25) is 11.6 Å². The Hall–Kier alpha value is -2.49. The van der Waals surface area contributed by atoms with Crippen LogP contribution >= 0.6 is 11.8 Å². The molecule has 3 heterocycles. The largest absolute Gasteiger partial charge is 0.480 e. The number of amides is 2. The molecule has 3 rings (SSSR count). The van der Waals surface area contributed by atoms with E-state index in [1.165, 1.54) is 35.1 Å². The van der Waals surface area contributed by atoms with Crippen molar-refractivity contribution in [3.05, 3.63) is 24.2 Å². The molecule has 24 heavy (non-hydrogen) atoms. The second-order valence-corrected chi connectivity index (χ2v) is 7.75. The van der Waals surface area contributed by atoms with Gasteiger partial charge in [0.25, 0.3) is 5.91 Å². The van der Waals surface area contributed by atoms with E-state index >= 15 is 0 Å². The molecule has 0 bridgehead atoms. The molecule has 2 aliphatic heterocycles. The van der Waals surface area contributed by atoms with Crippen LogP contribution in [0.15, 0.2) is 28.0 Å². The molecule has 0 aliphatic carbocycles. The van der Waals surface area contributed by atoms with Crippen molar-refractivity contribution in [2.24, 2.45) is 5.16 Å². The maximum absolute atomic E-state index is 12.3. The van der Waals surface area contributed by atoms with Gasteiger partial charge in [-0.05, 0) is 26.0 Å². The predicted octanol–water partition coefficient (Wildman–Crippen LogP) is 0.0896. The third-order valence-electron chi connectivity index (χ3n) is 4.03. The Morgan fingerprint density at radius 2 is 2.17 bits per heavy atom. The fourth-order valence-corrected chi connectivity index (χ4v) is 4.60. The first-order valence-corrected chi connectivity index (χ1v) is 7.95. The van der Waals surface area contributed by atoms with E-state index in [1.54, 1.807) is 13.8 Å². The van der Waals surface area contributed by atoms with Crippen LogP contribution in [0.3, 0.4) is 0 Å². The molecule has 2 aliphatic rings. The second-order valence-electron chi connectivity index (χ2n) is 5.98. The standard InChI is InChI=1S/C14H15N3O6S/c1-14(2)9(13(20)21)17-11(19)8(12(17)24-14)15-10(18)7(16-22)6-4-3-5-23-6/h3-5,8-9,12,22H,1-2H3,(H,15,18)(H,20,21)/t8-,9+,12-/m1/s1. The van der Waals surface area contributed by atoms with Gasteiger partial charge in [-0.15, -0.1) is 11.8 Å². The number of rotatable bonds is 4. The van der Waals surface area contributed by atoms with Crippen LogP contribution in [0.4, 0.5) is 0 Å². The second kappa shape index (κ2) is 5.55.